The standard InChI is InChI=1S/C16H28O6/c1-15(2,3)21-19-13(17)11-8-7-9-12(10-11)14(18)20-22-16(4,5)6/h11-12H,7-10H2,1-6H3. The molecular formula is C16H28O6. The molecule has 2 unspecified atom stereocenters. The molecule has 0 heterocycles. The maximum atomic E-state index is 12.0. The minimum atomic E-state index is -0.552. The predicted molar refractivity (Wildman–Crippen MR) is 79.3 cm³/mol. The Morgan fingerprint density at radius 3 is 1.45 bits per heavy atom. The molecule has 6 heteroatoms. The number of rotatable bonds is 4. The van der Waals surface area contributed by atoms with Gasteiger partial charge in [-0.15, -0.1) is 0 Å². The van der Waals surface area contributed by atoms with Crippen molar-refractivity contribution in [3.63, 3.8) is 0 Å². The fraction of sp³-hybridized carbons (Fsp3) is 0.875. The Balaban J connectivity index is 2.46. The van der Waals surface area contributed by atoms with Crippen molar-refractivity contribution in [3.05, 3.63) is 0 Å². The van der Waals surface area contributed by atoms with Crippen LogP contribution in [0.15, 0.2) is 0 Å². The molecule has 128 valence electrons. The monoisotopic (exact) mass is 316 g/mol. The first-order valence-electron chi connectivity index (χ1n) is 7.77. The molecule has 0 aromatic heterocycles. The third-order valence-electron chi connectivity index (χ3n) is 3.09. The number of carbonyl (C=O) groups is 2. The molecule has 0 spiro atoms. The van der Waals surface area contributed by atoms with Gasteiger partial charge in [-0.05, 0) is 60.8 Å². The zero-order valence-electron chi connectivity index (χ0n) is 14.4. The molecule has 2 atom stereocenters. The molecule has 0 N–H and O–H groups in total. The summed E-state index contributed by atoms with van der Waals surface area (Å²) in [5.74, 6) is -1.54. The highest BCUT2D eigenvalue weighted by Crippen LogP contribution is 2.31. The van der Waals surface area contributed by atoms with E-state index in [2.05, 4.69) is 0 Å². The lowest BCUT2D eigenvalue weighted by Gasteiger charge is -2.27. The lowest BCUT2D eigenvalue weighted by Crippen LogP contribution is -2.32. The van der Waals surface area contributed by atoms with Crippen LogP contribution in [-0.2, 0) is 29.1 Å². The highest BCUT2D eigenvalue weighted by Gasteiger charge is 2.35. The number of hydrogen-bond donors (Lipinski definition) is 0. The molecule has 1 aliphatic carbocycles. The smallest absolute Gasteiger partial charge is 0.298 e. The second-order valence-corrected chi connectivity index (χ2v) is 7.76. The van der Waals surface area contributed by atoms with Crippen LogP contribution < -0.4 is 0 Å². The number of hydrogen-bond acceptors (Lipinski definition) is 6. The summed E-state index contributed by atoms with van der Waals surface area (Å²) < 4.78 is 0. The lowest BCUT2D eigenvalue weighted by atomic mass is 9.81. The van der Waals surface area contributed by atoms with Gasteiger partial charge in [0, 0.05) is 0 Å². The summed E-state index contributed by atoms with van der Waals surface area (Å²) in [6.45, 7) is 10.8. The van der Waals surface area contributed by atoms with Crippen molar-refractivity contribution in [2.24, 2.45) is 11.8 Å². The summed E-state index contributed by atoms with van der Waals surface area (Å²) in [6, 6.07) is 0. The molecule has 0 amide bonds. The largest absolute Gasteiger partial charge is 0.345 e. The maximum Gasteiger partial charge on any atom is 0.345 e. The molecule has 0 aromatic carbocycles. The van der Waals surface area contributed by atoms with Crippen LogP contribution in [0.5, 0.6) is 0 Å². The molecule has 0 aliphatic heterocycles. The van der Waals surface area contributed by atoms with Gasteiger partial charge in [0.2, 0.25) is 0 Å². The van der Waals surface area contributed by atoms with E-state index in [4.69, 9.17) is 19.6 Å². The maximum absolute atomic E-state index is 12.0. The van der Waals surface area contributed by atoms with Gasteiger partial charge in [0.05, 0.1) is 11.8 Å². The van der Waals surface area contributed by atoms with Crippen molar-refractivity contribution >= 4 is 11.9 Å². The SMILES string of the molecule is CC(C)(C)OOC(=O)C1CCCC(C(=O)OOC(C)(C)C)C1. The highest BCUT2D eigenvalue weighted by molar-refractivity contribution is 5.76. The molecule has 0 saturated heterocycles. The number of carbonyl (C=O) groups excluding carboxylic acids is 2. The van der Waals surface area contributed by atoms with Gasteiger partial charge >= 0.3 is 11.9 Å². The Kier molecular flexibility index (Phi) is 6.38. The predicted octanol–water partition coefficient (Wildman–Crippen LogP) is 3.34. The van der Waals surface area contributed by atoms with Crippen LogP contribution in [0.2, 0.25) is 0 Å². The van der Waals surface area contributed by atoms with Gasteiger partial charge in [-0.2, -0.15) is 9.78 Å². The summed E-state index contributed by atoms with van der Waals surface area (Å²) in [6.07, 6.45) is 2.55. The minimum absolute atomic E-state index is 0.344. The molecule has 1 fully saturated rings. The van der Waals surface area contributed by atoms with E-state index in [9.17, 15) is 9.59 Å². The summed E-state index contributed by atoms with van der Waals surface area (Å²) >= 11 is 0. The van der Waals surface area contributed by atoms with Crippen LogP contribution in [0, 0.1) is 11.8 Å². The Labute approximate surface area is 132 Å². The van der Waals surface area contributed by atoms with E-state index in [1.807, 2.05) is 0 Å². The minimum Gasteiger partial charge on any atom is -0.298 e. The highest BCUT2D eigenvalue weighted by atomic mass is 17.2. The lowest BCUT2D eigenvalue weighted by molar-refractivity contribution is -0.326. The summed E-state index contributed by atoms with van der Waals surface area (Å²) in [5, 5.41) is 0. The van der Waals surface area contributed by atoms with E-state index in [1.165, 1.54) is 0 Å². The average molecular weight is 316 g/mol. The molecule has 1 rings (SSSR count). The van der Waals surface area contributed by atoms with Gasteiger partial charge in [0.1, 0.15) is 11.2 Å². The normalized spacial score (nSPS) is 23.0. The molecule has 0 radical (unpaired) electrons. The van der Waals surface area contributed by atoms with Crippen LogP contribution in [-0.4, -0.2) is 23.1 Å². The van der Waals surface area contributed by atoms with Gasteiger partial charge < -0.3 is 0 Å². The van der Waals surface area contributed by atoms with Crippen LogP contribution in [0.1, 0.15) is 67.2 Å². The molecule has 0 aromatic rings. The van der Waals surface area contributed by atoms with E-state index >= 15 is 0 Å². The second kappa shape index (κ2) is 7.42. The fourth-order valence-electron chi connectivity index (χ4n) is 2.09. The Morgan fingerprint density at radius 1 is 0.773 bits per heavy atom. The van der Waals surface area contributed by atoms with E-state index < -0.39 is 23.1 Å². The van der Waals surface area contributed by atoms with Crippen molar-refractivity contribution in [1.29, 1.82) is 0 Å². The fourth-order valence-corrected chi connectivity index (χ4v) is 2.09. The topological polar surface area (TPSA) is 71.1 Å². The van der Waals surface area contributed by atoms with Gasteiger partial charge in [-0.1, -0.05) is 6.42 Å². The van der Waals surface area contributed by atoms with E-state index in [0.717, 1.165) is 6.42 Å². The van der Waals surface area contributed by atoms with Gasteiger partial charge in [0.15, 0.2) is 0 Å². The Bertz CT molecular complexity index is 354. The summed E-state index contributed by atoms with van der Waals surface area (Å²) in [5.41, 5.74) is -1.10. The first-order chi connectivity index (χ1) is 9.98. The van der Waals surface area contributed by atoms with Crippen molar-refractivity contribution in [2.75, 3.05) is 0 Å². The third-order valence-corrected chi connectivity index (χ3v) is 3.09. The zero-order valence-corrected chi connectivity index (χ0v) is 14.4. The van der Waals surface area contributed by atoms with Crippen molar-refractivity contribution < 1.29 is 29.1 Å². The second-order valence-electron chi connectivity index (χ2n) is 7.76. The van der Waals surface area contributed by atoms with Crippen molar-refractivity contribution in [1.82, 2.24) is 0 Å². The molecule has 22 heavy (non-hydrogen) atoms. The van der Waals surface area contributed by atoms with Crippen molar-refractivity contribution in [3.8, 4) is 0 Å². The van der Waals surface area contributed by atoms with Gasteiger partial charge in [0.25, 0.3) is 0 Å². The average Bonchev–Trinajstić information content (AvgIpc) is 2.40. The molecule has 1 aliphatic rings. The quantitative estimate of drug-likeness (QED) is 0.585. The summed E-state index contributed by atoms with van der Waals surface area (Å²) in [4.78, 5) is 43.8. The summed E-state index contributed by atoms with van der Waals surface area (Å²) in [7, 11) is 0. The van der Waals surface area contributed by atoms with E-state index in [0.29, 0.717) is 19.3 Å². The third kappa shape index (κ3) is 7.22. The first kappa shape index (κ1) is 18.9. The van der Waals surface area contributed by atoms with Gasteiger partial charge in [-0.25, -0.2) is 9.59 Å². The van der Waals surface area contributed by atoms with Crippen LogP contribution >= 0.6 is 0 Å². The molecule has 0 bridgehead atoms. The van der Waals surface area contributed by atoms with Crippen molar-refractivity contribution in [2.45, 2.75) is 78.4 Å². The van der Waals surface area contributed by atoms with Crippen LogP contribution in [0.4, 0.5) is 0 Å². The zero-order chi connectivity index (χ0) is 17.0. The Morgan fingerprint density at radius 2 is 1.14 bits per heavy atom. The van der Waals surface area contributed by atoms with E-state index in [-0.39, 0.29) is 11.8 Å². The van der Waals surface area contributed by atoms with E-state index in [1.54, 1.807) is 41.5 Å². The Hall–Kier alpha value is -1.14. The first-order valence-corrected chi connectivity index (χ1v) is 7.77. The molecule has 6 nitrogen and oxygen atoms in total. The van der Waals surface area contributed by atoms with Gasteiger partial charge in [-0.3, -0.25) is 9.78 Å². The molecule has 1 saturated carbocycles. The van der Waals surface area contributed by atoms with Crippen LogP contribution in [0.3, 0.4) is 0 Å². The molecular weight excluding hydrogens is 288 g/mol. The van der Waals surface area contributed by atoms with Crippen LogP contribution in [0.25, 0.3) is 0 Å².